The molecule has 9 heteroatoms. The Labute approximate surface area is 153 Å². The number of halogens is 1. The largest absolute Gasteiger partial charge is 0.326 e. The van der Waals surface area contributed by atoms with Crippen LogP contribution >= 0.6 is 11.8 Å². The molecule has 2 N–H and O–H groups in total. The van der Waals surface area contributed by atoms with E-state index in [9.17, 15) is 24.1 Å². The number of nitro benzene ring substituents is 1. The van der Waals surface area contributed by atoms with E-state index in [1.807, 2.05) is 0 Å². The van der Waals surface area contributed by atoms with Crippen LogP contribution in [0.1, 0.15) is 13.8 Å². The summed E-state index contributed by atoms with van der Waals surface area (Å²) in [5, 5.41) is 15.4. The summed E-state index contributed by atoms with van der Waals surface area (Å²) in [6.45, 7) is 3.09. The SMILES string of the molecule is CC(=O)Nc1ccc(SC(C)C(=O)Nc2ccc(F)c([N+](=O)[O-])c2)cc1. The van der Waals surface area contributed by atoms with Crippen LogP contribution in [0.2, 0.25) is 0 Å². The smallest absolute Gasteiger partial charge is 0.306 e. The number of benzene rings is 2. The van der Waals surface area contributed by atoms with Crippen molar-refractivity contribution in [3.63, 3.8) is 0 Å². The molecule has 2 aromatic carbocycles. The Balaban J connectivity index is 2.00. The molecule has 0 heterocycles. The zero-order chi connectivity index (χ0) is 19.3. The topological polar surface area (TPSA) is 101 Å². The molecule has 2 rings (SSSR count). The summed E-state index contributed by atoms with van der Waals surface area (Å²) in [7, 11) is 0. The van der Waals surface area contributed by atoms with Gasteiger partial charge in [-0.2, -0.15) is 4.39 Å². The lowest BCUT2D eigenvalue weighted by molar-refractivity contribution is -0.387. The van der Waals surface area contributed by atoms with Gasteiger partial charge >= 0.3 is 5.69 Å². The predicted octanol–water partition coefficient (Wildman–Crippen LogP) is 3.81. The molecule has 1 atom stereocenters. The van der Waals surface area contributed by atoms with Crippen molar-refractivity contribution in [2.24, 2.45) is 0 Å². The number of carbonyl (C=O) groups is 2. The fourth-order valence-electron chi connectivity index (χ4n) is 2.05. The predicted molar refractivity (Wildman–Crippen MR) is 97.7 cm³/mol. The van der Waals surface area contributed by atoms with E-state index in [2.05, 4.69) is 10.6 Å². The second-order valence-corrected chi connectivity index (χ2v) is 6.79. The summed E-state index contributed by atoms with van der Waals surface area (Å²) in [5.74, 6) is -1.51. The highest BCUT2D eigenvalue weighted by Gasteiger charge is 2.18. The average Bonchev–Trinajstić information content (AvgIpc) is 2.57. The Morgan fingerprint density at radius 1 is 1.12 bits per heavy atom. The summed E-state index contributed by atoms with van der Waals surface area (Å²) in [5.41, 5.74) is 0.103. The monoisotopic (exact) mass is 377 g/mol. The standard InChI is InChI=1S/C17H16FN3O4S/c1-10(26-14-6-3-12(4-7-14)19-11(2)22)17(23)20-13-5-8-15(18)16(9-13)21(24)25/h3-10H,1-2H3,(H,19,22)(H,20,23). The highest BCUT2D eigenvalue weighted by Crippen LogP contribution is 2.27. The molecular formula is C17H16FN3O4S. The van der Waals surface area contributed by atoms with Crippen molar-refractivity contribution in [3.05, 3.63) is 58.4 Å². The first-order valence-electron chi connectivity index (χ1n) is 7.55. The van der Waals surface area contributed by atoms with E-state index in [4.69, 9.17) is 0 Å². The van der Waals surface area contributed by atoms with Crippen LogP contribution in [-0.4, -0.2) is 22.0 Å². The van der Waals surface area contributed by atoms with Crippen LogP contribution in [0, 0.1) is 15.9 Å². The summed E-state index contributed by atoms with van der Waals surface area (Å²) in [6.07, 6.45) is 0. The van der Waals surface area contributed by atoms with Crippen molar-refractivity contribution >= 4 is 40.6 Å². The van der Waals surface area contributed by atoms with Crippen LogP contribution in [0.3, 0.4) is 0 Å². The maximum absolute atomic E-state index is 13.3. The first-order valence-corrected chi connectivity index (χ1v) is 8.43. The molecule has 0 aliphatic heterocycles. The number of hydrogen-bond donors (Lipinski definition) is 2. The van der Waals surface area contributed by atoms with Gasteiger partial charge in [0.25, 0.3) is 0 Å². The average molecular weight is 377 g/mol. The van der Waals surface area contributed by atoms with Crippen molar-refractivity contribution in [1.82, 2.24) is 0 Å². The number of thioether (sulfide) groups is 1. The lowest BCUT2D eigenvalue weighted by Crippen LogP contribution is -2.22. The van der Waals surface area contributed by atoms with Crippen LogP contribution < -0.4 is 10.6 Å². The van der Waals surface area contributed by atoms with E-state index in [1.165, 1.54) is 24.8 Å². The molecular weight excluding hydrogens is 361 g/mol. The third-order valence-electron chi connectivity index (χ3n) is 3.27. The number of rotatable bonds is 6. The van der Waals surface area contributed by atoms with E-state index >= 15 is 0 Å². The van der Waals surface area contributed by atoms with Crippen LogP contribution in [0.15, 0.2) is 47.4 Å². The number of hydrogen-bond acceptors (Lipinski definition) is 5. The van der Waals surface area contributed by atoms with Gasteiger partial charge in [-0.15, -0.1) is 11.8 Å². The first-order chi connectivity index (χ1) is 12.3. The van der Waals surface area contributed by atoms with E-state index in [0.29, 0.717) is 5.69 Å². The maximum Gasteiger partial charge on any atom is 0.306 e. The molecule has 2 amide bonds. The van der Waals surface area contributed by atoms with Gasteiger partial charge in [0, 0.05) is 29.3 Å². The molecule has 0 aliphatic rings. The Kier molecular flexibility index (Phi) is 6.29. The second kappa shape index (κ2) is 8.43. The minimum absolute atomic E-state index is 0.150. The second-order valence-electron chi connectivity index (χ2n) is 5.38. The van der Waals surface area contributed by atoms with Crippen molar-refractivity contribution in [2.75, 3.05) is 10.6 Å². The molecule has 26 heavy (non-hydrogen) atoms. The summed E-state index contributed by atoms with van der Waals surface area (Å²) < 4.78 is 13.3. The van der Waals surface area contributed by atoms with Gasteiger partial charge in [-0.05, 0) is 43.3 Å². The van der Waals surface area contributed by atoms with Crippen molar-refractivity contribution in [2.45, 2.75) is 24.0 Å². The van der Waals surface area contributed by atoms with Gasteiger partial charge in [0.15, 0.2) is 0 Å². The Bertz CT molecular complexity index is 842. The van der Waals surface area contributed by atoms with Crippen LogP contribution in [-0.2, 0) is 9.59 Å². The van der Waals surface area contributed by atoms with E-state index in [0.717, 1.165) is 17.0 Å². The first kappa shape index (κ1) is 19.4. The molecule has 0 aliphatic carbocycles. The Morgan fingerprint density at radius 2 is 1.73 bits per heavy atom. The quantitative estimate of drug-likeness (QED) is 0.453. The highest BCUT2D eigenvalue weighted by molar-refractivity contribution is 8.00. The summed E-state index contributed by atoms with van der Waals surface area (Å²) in [4.78, 5) is 33.9. The van der Waals surface area contributed by atoms with Gasteiger partial charge in [0.05, 0.1) is 10.2 Å². The minimum atomic E-state index is -0.963. The van der Waals surface area contributed by atoms with E-state index in [1.54, 1.807) is 31.2 Å². The van der Waals surface area contributed by atoms with E-state index < -0.39 is 21.7 Å². The van der Waals surface area contributed by atoms with Crippen LogP contribution in [0.5, 0.6) is 0 Å². The molecule has 7 nitrogen and oxygen atoms in total. The van der Waals surface area contributed by atoms with E-state index in [-0.39, 0.29) is 17.5 Å². The summed E-state index contributed by atoms with van der Waals surface area (Å²) >= 11 is 1.28. The normalized spacial score (nSPS) is 11.5. The molecule has 0 radical (unpaired) electrons. The molecule has 1 unspecified atom stereocenters. The van der Waals surface area contributed by atoms with Gasteiger partial charge in [0.2, 0.25) is 17.6 Å². The number of carbonyl (C=O) groups excluding carboxylic acids is 2. The summed E-state index contributed by atoms with van der Waals surface area (Å²) in [6, 6.07) is 10.2. The minimum Gasteiger partial charge on any atom is -0.326 e. The van der Waals surface area contributed by atoms with Gasteiger partial charge in [0.1, 0.15) is 0 Å². The fourth-order valence-corrected chi connectivity index (χ4v) is 2.92. The number of anilines is 2. The molecule has 0 saturated heterocycles. The van der Waals surface area contributed by atoms with Crippen molar-refractivity contribution in [1.29, 1.82) is 0 Å². The zero-order valence-electron chi connectivity index (χ0n) is 14.0. The molecule has 136 valence electrons. The molecule has 0 fully saturated rings. The number of nitrogens with zero attached hydrogens (tertiary/aromatic N) is 1. The van der Waals surface area contributed by atoms with Crippen LogP contribution in [0.25, 0.3) is 0 Å². The lowest BCUT2D eigenvalue weighted by atomic mass is 10.2. The van der Waals surface area contributed by atoms with Crippen LogP contribution in [0.4, 0.5) is 21.5 Å². The lowest BCUT2D eigenvalue weighted by Gasteiger charge is -2.12. The molecule has 0 saturated carbocycles. The van der Waals surface area contributed by atoms with Gasteiger partial charge in [-0.25, -0.2) is 0 Å². The van der Waals surface area contributed by atoms with Gasteiger partial charge in [-0.1, -0.05) is 0 Å². The van der Waals surface area contributed by atoms with Crippen molar-refractivity contribution < 1.29 is 18.9 Å². The Hall–Kier alpha value is -2.94. The third kappa shape index (κ3) is 5.28. The molecule has 0 bridgehead atoms. The van der Waals surface area contributed by atoms with Crippen molar-refractivity contribution in [3.8, 4) is 0 Å². The number of amides is 2. The third-order valence-corrected chi connectivity index (χ3v) is 4.38. The highest BCUT2D eigenvalue weighted by atomic mass is 32.2. The molecule has 0 aromatic heterocycles. The maximum atomic E-state index is 13.3. The Morgan fingerprint density at radius 3 is 2.31 bits per heavy atom. The van der Waals surface area contributed by atoms with Gasteiger partial charge < -0.3 is 10.6 Å². The molecule has 0 spiro atoms. The molecule has 2 aromatic rings. The fraction of sp³-hybridized carbons (Fsp3) is 0.176. The number of nitrogens with one attached hydrogen (secondary N) is 2. The number of nitro groups is 1. The zero-order valence-corrected chi connectivity index (χ0v) is 14.8. The van der Waals surface area contributed by atoms with Gasteiger partial charge in [-0.3, -0.25) is 19.7 Å².